The summed E-state index contributed by atoms with van der Waals surface area (Å²) < 4.78 is 0. The first kappa shape index (κ1) is 10.8. The molecule has 0 bridgehead atoms. The molecule has 0 aliphatic carbocycles. The van der Waals surface area contributed by atoms with Crippen LogP contribution in [0.1, 0.15) is 6.92 Å². The van der Waals surface area contributed by atoms with Crippen LogP contribution in [0.25, 0.3) is 0 Å². The Labute approximate surface area is 52.8 Å². The number of carbonyl (C=O) groups is 1. The van der Waals surface area contributed by atoms with Crippen LogP contribution in [0, 0.1) is 0 Å². The second-order valence-corrected chi connectivity index (χ2v) is 0.991. The average Bonchev–Trinajstić information content (AvgIpc) is 1.67. The van der Waals surface area contributed by atoms with Gasteiger partial charge in [0, 0.05) is 0 Å². The zero-order chi connectivity index (χ0) is 7.70. The van der Waals surface area contributed by atoms with Crippen LogP contribution >= 0.6 is 0 Å². The molecule has 0 aliphatic heterocycles. The molecule has 0 aliphatic rings. The molecule has 0 saturated heterocycles. The number of carboxylic acid groups (broad SMARTS) is 1. The molecule has 0 heterocycles. The van der Waals surface area contributed by atoms with Gasteiger partial charge in [-0.3, -0.25) is 0 Å². The maximum absolute atomic E-state index is 9.29. The molecule has 0 aromatic heterocycles. The molecule has 0 atom stereocenters. The standard InChI is InChI=1S/C2H3NO3.C2H7N/c4-2(5)1-3-6;1-2-3/h1,6H,(H,4,5);2-3H2,1H3. The number of hydrogen-bond donors (Lipinski definition) is 3. The van der Waals surface area contributed by atoms with Gasteiger partial charge in [-0.15, -0.1) is 0 Å². The van der Waals surface area contributed by atoms with E-state index in [0.29, 0.717) is 6.21 Å². The zero-order valence-electron chi connectivity index (χ0n) is 5.11. The van der Waals surface area contributed by atoms with E-state index in [1.54, 1.807) is 0 Å². The van der Waals surface area contributed by atoms with Crippen molar-refractivity contribution in [3.63, 3.8) is 0 Å². The Balaban J connectivity index is 0. The highest BCUT2D eigenvalue weighted by atomic mass is 16.4. The maximum Gasteiger partial charge on any atom is 0.350 e. The fourth-order valence-corrected chi connectivity index (χ4v) is 0.0494. The van der Waals surface area contributed by atoms with Gasteiger partial charge in [-0.05, 0) is 6.54 Å². The van der Waals surface area contributed by atoms with E-state index in [2.05, 4.69) is 5.16 Å². The van der Waals surface area contributed by atoms with Gasteiger partial charge in [0.05, 0.1) is 0 Å². The number of rotatable bonds is 1. The van der Waals surface area contributed by atoms with E-state index in [4.69, 9.17) is 16.0 Å². The number of hydrogen-bond acceptors (Lipinski definition) is 4. The van der Waals surface area contributed by atoms with E-state index >= 15 is 0 Å². The Bertz CT molecular complexity index is 91.8. The van der Waals surface area contributed by atoms with Crippen molar-refractivity contribution >= 4 is 12.2 Å². The van der Waals surface area contributed by atoms with Crippen LogP contribution in [-0.2, 0) is 4.79 Å². The zero-order valence-corrected chi connectivity index (χ0v) is 5.11. The third kappa shape index (κ3) is 45.9. The van der Waals surface area contributed by atoms with Crippen LogP contribution in [0.2, 0.25) is 0 Å². The minimum Gasteiger partial charge on any atom is -0.477 e. The van der Waals surface area contributed by atoms with E-state index in [1.807, 2.05) is 6.92 Å². The van der Waals surface area contributed by atoms with Crippen LogP contribution in [0.3, 0.4) is 0 Å². The first-order chi connectivity index (χ1) is 4.18. The first-order valence-corrected chi connectivity index (χ1v) is 2.29. The molecule has 0 unspecified atom stereocenters. The molecule has 0 aromatic rings. The Kier molecular flexibility index (Phi) is 12.0. The highest BCUT2D eigenvalue weighted by molar-refractivity contribution is 6.21. The molecule has 0 rings (SSSR count). The third-order valence-corrected chi connectivity index (χ3v) is 0.168. The Hall–Kier alpha value is -1.10. The monoisotopic (exact) mass is 134 g/mol. The molecule has 0 fully saturated rings. The van der Waals surface area contributed by atoms with Gasteiger partial charge < -0.3 is 16.0 Å². The van der Waals surface area contributed by atoms with Crippen LogP contribution in [-0.4, -0.2) is 29.0 Å². The van der Waals surface area contributed by atoms with Gasteiger partial charge in [-0.2, -0.15) is 0 Å². The quantitative estimate of drug-likeness (QED) is 0.256. The van der Waals surface area contributed by atoms with Crippen LogP contribution in [0.5, 0.6) is 0 Å². The molecule has 54 valence electrons. The molecule has 0 radical (unpaired) electrons. The fraction of sp³-hybridized carbons (Fsp3) is 0.500. The summed E-state index contributed by atoms with van der Waals surface area (Å²) in [7, 11) is 0. The minimum atomic E-state index is -1.25. The van der Waals surface area contributed by atoms with E-state index in [-0.39, 0.29) is 0 Å². The van der Waals surface area contributed by atoms with Crippen molar-refractivity contribution in [1.29, 1.82) is 0 Å². The van der Waals surface area contributed by atoms with Crippen molar-refractivity contribution in [2.24, 2.45) is 10.9 Å². The van der Waals surface area contributed by atoms with Gasteiger partial charge in [0.2, 0.25) is 0 Å². The highest BCUT2D eigenvalue weighted by Crippen LogP contribution is 1.50. The topological polar surface area (TPSA) is 95.9 Å². The van der Waals surface area contributed by atoms with Gasteiger partial charge in [0.25, 0.3) is 0 Å². The second-order valence-electron chi connectivity index (χ2n) is 0.991. The summed E-state index contributed by atoms with van der Waals surface area (Å²) in [6, 6.07) is 0. The molecule has 0 aromatic carbocycles. The van der Waals surface area contributed by atoms with Gasteiger partial charge >= 0.3 is 5.97 Å². The van der Waals surface area contributed by atoms with Crippen LogP contribution in [0.15, 0.2) is 5.16 Å². The average molecular weight is 134 g/mol. The molecular weight excluding hydrogens is 124 g/mol. The molecule has 0 spiro atoms. The first-order valence-electron chi connectivity index (χ1n) is 2.29. The number of aliphatic carboxylic acids is 1. The number of nitrogens with two attached hydrogens (primary N) is 1. The largest absolute Gasteiger partial charge is 0.477 e. The van der Waals surface area contributed by atoms with E-state index < -0.39 is 5.97 Å². The molecule has 5 heteroatoms. The lowest BCUT2D eigenvalue weighted by molar-refractivity contribution is -0.128. The van der Waals surface area contributed by atoms with Crippen molar-refractivity contribution in [3.05, 3.63) is 0 Å². The fourth-order valence-electron chi connectivity index (χ4n) is 0.0494. The molecule has 0 amide bonds. The van der Waals surface area contributed by atoms with Crippen molar-refractivity contribution in [1.82, 2.24) is 0 Å². The summed E-state index contributed by atoms with van der Waals surface area (Å²) in [5.41, 5.74) is 4.85. The lowest BCUT2D eigenvalue weighted by Crippen LogP contribution is -1.93. The normalized spacial score (nSPS) is 8.22. The van der Waals surface area contributed by atoms with Gasteiger partial charge in [-0.1, -0.05) is 12.1 Å². The Morgan fingerprint density at radius 1 is 1.89 bits per heavy atom. The van der Waals surface area contributed by atoms with Crippen molar-refractivity contribution in [2.75, 3.05) is 6.54 Å². The van der Waals surface area contributed by atoms with E-state index in [1.165, 1.54) is 0 Å². The molecular formula is C4H10N2O3. The predicted molar refractivity (Wildman–Crippen MR) is 32.6 cm³/mol. The SMILES string of the molecule is CCN.O=C(O)C=NO. The van der Waals surface area contributed by atoms with Crippen molar-refractivity contribution in [2.45, 2.75) is 6.92 Å². The van der Waals surface area contributed by atoms with Gasteiger partial charge in [0.1, 0.15) is 0 Å². The molecule has 5 nitrogen and oxygen atoms in total. The summed E-state index contributed by atoms with van der Waals surface area (Å²) in [6.07, 6.45) is 0.389. The number of carboxylic acids is 1. The van der Waals surface area contributed by atoms with Crippen molar-refractivity contribution in [3.8, 4) is 0 Å². The van der Waals surface area contributed by atoms with Crippen LogP contribution in [0.4, 0.5) is 0 Å². The number of oxime groups is 1. The molecule has 9 heavy (non-hydrogen) atoms. The van der Waals surface area contributed by atoms with Gasteiger partial charge in [-0.25, -0.2) is 4.79 Å². The summed E-state index contributed by atoms with van der Waals surface area (Å²) in [5.74, 6) is -1.25. The summed E-state index contributed by atoms with van der Waals surface area (Å²) in [4.78, 5) is 9.29. The molecule has 0 saturated carbocycles. The van der Waals surface area contributed by atoms with Crippen LogP contribution < -0.4 is 5.73 Å². The second kappa shape index (κ2) is 10.0. The minimum absolute atomic E-state index is 0.389. The summed E-state index contributed by atoms with van der Waals surface area (Å²) in [5, 5.41) is 17.2. The third-order valence-electron chi connectivity index (χ3n) is 0.168. The molecule has 4 N–H and O–H groups in total. The maximum atomic E-state index is 9.29. The lowest BCUT2D eigenvalue weighted by atomic mass is 10.8. The Morgan fingerprint density at radius 2 is 2.22 bits per heavy atom. The smallest absolute Gasteiger partial charge is 0.350 e. The van der Waals surface area contributed by atoms with Crippen molar-refractivity contribution < 1.29 is 15.1 Å². The Morgan fingerprint density at radius 3 is 2.22 bits per heavy atom. The number of nitrogens with zero attached hydrogens (tertiary/aromatic N) is 1. The lowest BCUT2D eigenvalue weighted by Gasteiger charge is -1.67. The predicted octanol–water partition coefficient (Wildman–Crippen LogP) is -0.504. The van der Waals surface area contributed by atoms with E-state index in [9.17, 15) is 4.79 Å². The highest BCUT2D eigenvalue weighted by Gasteiger charge is 1.80. The van der Waals surface area contributed by atoms with Gasteiger partial charge in [0.15, 0.2) is 6.21 Å². The van der Waals surface area contributed by atoms with E-state index in [0.717, 1.165) is 6.54 Å². The summed E-state index contributed by atoms with van der Waals surface area (Å²) >= 11 is 0. The summed E-state index contributed by atoms with van der Waals surface area (Å²) in [6.45, 7) is 2.65.